The van der Waals surface area contributed by atoms with Gasteiger partial charge in [-0.25, -0.2) is 0 Å². The lowest BCUT2D eigenvalue weighted by atomic mass is 10.0. The first-order valence-electron chi connectivity index (χ1n) is 29.1. The van der Waals surface area contributed by atoms with Gasteiger partial charge in [-0.3, -0.25) is 14.4 Å². The molecular formula is C59H114O6. The first-order chi connectivity index (χ1) is 31.6. The van der Waals surface area contributed by atoms with Crippen molar-refractivity contribution in [3.63, 3.8) is 0 Å². The van der Waals surface area contributed by atoms with Crippen molar-refractivity contribution in [1.29, 1.82) is 0 Å². The van der Waals surface area contributed by atoms with E-state index in [9.17, 15) is 14.4 Å². The van der Waals surface area contributed by atoms with Gasteiger partial charge >= 0.3 is 17.9 Å². The van der Waals surface area contributed by atoms with Gasteiger partial charge in [0.15, 0.2) is 6.10 Å². The van der Waals surface area contributed by atoms with E-state index in [0.717, 1.165) is 75.5 Å². The summed E-state index contributed by atoms with van der Waals surface area (Å²) in [4.78, 5) is 38.1. The minimum Gasteiger partial charge on any atom is -0.462 e. The molecule has 0 aliphatic rings. The van der Waals surface area contributed by atoms with Crippen molar-refractivity contribution in [3.05, 3.63) is 0 Å². The van der Waals surface area contributed by atoms with E-state index < -0.39 is 6.10 Å². The lowest BCUT2D eigenvalue weighted by Gasteiger charge is -2.18. The molecule has 0 saturated heterocycles. The maximum atomic E-state index is 12.9. The van der Waals surface area contributed by atoms with Crippen LogP contribution in [0.25, 0.3) is 0 Å². The molecular weight excluding hydrogens is 805 g/mol. The van der Waals surface area contributed by atoms with E-state index in [1.54, 1.807) is 0 Å². The maximum Gasteiger partial charge on any atom is 0.306 e. The molecule has 0 aliphatic carbocycles. The second-order valence-electron chi connectivity index (χ2n) is 21.7. The Morgan fingerprint density at radius 2 is 0.446 bits per heavy atom. The Bertz CT molecular complexity index is 1010. The second kappa shape index (κ2) is 50.3. The first-order valence-corrected chi connectivity index (χ1v) is 29.1. The Labute approximate surface area is 406 Å². The third-order valence-electron chi connectivity index (χ3n) is 13.4. The van der Waals surface area contributed by atoms with Crippen LogP contribution in [0.3, 0.4) is 0 Å². The molecule has 6 nitrogen and oxygen atoms in total. The average Bonchev–Trinajstić information content (AvgIpc) is 3.26. The number of unbranched alkanes of at least 4 members (excludes halogenated alkanes) is 35. The minimum atomic E-state index is -0.764. The molecule has 6 heteroatoms. The predicted octanol–water partition coefficient (Wildman–Crippen LogP) is 19.1. The summed E-state index contributed by atoms with van der Waals surface area (Å²) in [6.07, 6.45) is 52.5. The fourth-order valence-electron chi connectivity index (χ4n) is 9.00. The van der Waals surface area contributed by atoms with Gasteiger partial charge in [0.25, 0.3) is 0 Å². The van der Waals surface area contributed by atoms with Gasteiger partial charge < -0.3 is 14.2 Å². The molecule has 0 unspecified atom stereocenters. The van der Waals surface area contributed by atoms with Gasteiger partial charge in [0.05, 0.1) is 0 Å². The van der Waals surface area contributed by atoms with Crippen LogP contribution in [-0.4, -0.2) is 37.2 Å². The van der Waals surface area contributed by atoms with Gasteiger partial charge in [0, 0.05) is 19.3 Å². The zero-order valence-electron chi connectivity index (χ0n) is 44.8. The molecule has 0 fully saturated rings. The Morgan fingerprint density at radius 1 is 0.262 bits per heavy atom. The van der Waals surface area contributed by atoms with Crippen LogP contribution >= 0.6 is 0 Å². The molecule has 386 valence electrons. The van der Waals surface area contributed by atoms with E-state index in [4.69, 9.17) is 14.2 Å². The van der Waals surface area contributed by atoms with Crippen LogP contribution < -0.4 is 0 Å². The van der Waals surface area contributed by atoms with Crippen LogP contribution in [0.2, 0.25) is 0 Å². The van der Waals surface area contributed by atoms with E-state index in [1.165, 1.54) is 205 Å². The van der Waals surface area contributed by atoms with Crippen molar-refractivity contribution < 1.29 is 28.6 Å². The Balaban J connectivity index is 4.24. The number of esters is 3. The van der Waals surface area contributed by atoms with Crippen molar-refractivity contribution >= 4 is 17.9 Å². The SMILES string of the molecule is CC(C)CCCCCCCCCCCCCCCCCCCCC(=O)O[C@H](COC(=O)CCCCCCCCCCCCCCC(C)C)COC(=O)CCCCCCCCCCC(C)C. The molecule has 0 bridgehead atoms. The van der Waals surface area contributed by atoms with E-state index >= 15 is 0 Å². The van der Waals surface area contributed by atoms with E-state index in [1.807, 2.05) is 0 Å². The predicted molar refractivity (Wildman–Crippen MR) is 279 cm³/mol. The third-order valence-corrected chi connectivity index (χ3v) is 13.4. The Morgan fingerprint density at radius 3 is 0.662 bits per heavy atom. The normalized spacial score (nSPS) is 12.1. The van der Waals surface area contributed by atoms with Gasteiger partial charge in [-0.1, -0.05) is 286 Å². The molecule has 0 N–H and O–H groups in total. The van der Waals surface area contributed by atoms with Gasteiger partial charge in [-0.15, -0.1) is 0 Å². The van der Waals surface area contributed by atoms with Crippen molar-refractivity contribution in [2.45, 2.75) is 330 Å². The van der Waals surface area contributed by atoms with Crippen molar-refractivity contribution in [2.75, 3.05) is 13.2 Å². The fraction of sp³-hybridized carbons (Fsp3) is 0.949. The third kappa shape index (κ3) is 53.2. The quantitative estimate of drug-likeness (QED) is 0.0344. The van der Waals surface area contributed by atoms with E-state index in [0.29, 0.717) is 19.3 Å². The number of ether oxygens (including phenoxy) is 3. The summed E-state index contributed by atoms with van der Waals surface area (Å²) in [5, 5.41) is 0. The lowest BCUT2D eigenvalue weighted by Crippen LogP contribution is -2.30. The van der Waals surface area contributed by atoms with Crippen molar-refractivity contribution in [1.82, 2.24) is 0 Å². The van der Waals surface area contributed by atoms with E-state index in [2.05, 4.69) is 41.5 Å². The Kier molecular flexibility index (Phi) is 49.1. The largest absolute Gasteiger partial charge is 0.462 e. The van der Waals surface area contributed by atoms with Crippen molar-refractivity contribution in [2.24, 2.45) is 17.8 Å². The smallest absolute Gasteiger partial charge is 0.306 e. The number of carbonyl (C=O) groups excluding carboxylic acids is 3. The molecule has 65 heavy (non-hydrogen) atoms. The molecule has 0 spiro atoms. The maximum absolute atomic E-state index is 12.9. The molecule has 0 radical (unpaired) electrons. The van der Waals surface area contributed by atoms with Gasteiger partial charge in [0.1, 0.15) is 13.2 Å². The zero-order valence-corrected chi connectivity index (χ0v) is 44.8. The number of rotatable bonds is 52. The summed E-state index contributed by atoms with van der Waals surface area (Å²) in [6.45, 7) is 13.7. The molecule has 0 aromatic rings. The molecule has 0 amide bonds. The number of hydrogen-bond donors (Lipinski definition) is 0. The summed E-state index contributed by atoms with van der Waals surface area (Å²) in [7, 11) is 0. The molecule has 1 atom stereocenters. The summed E-state index contributed by atoms with van der Waals surface area (Å²) in [5.74, 6) is 1.64. The van der Waals surface area contributed by atoms with E-state index in [-0.39, 0.29) is 31.1 Å². The molecule has 0 aromatic heterocycles. The highest BCUT2D eigenvalue weighted by Gasteiger charge is 2.19. The number of hydrogen-bond acceptors (Lipinski definition) is 6. The number of carbonyl (C=O) groups is 3. The minimum absolute atomic E-state index is 0.0640. The topological polar surface area (TPSA) is 78.9 Å². The Hall–Kier alpha value is -1.59. The molecule has 0 saturated carbocycles. The summed E-state index contributed by atoms with van der Waals surface area (Å²) in [5.41, 5.74) is 0. The molecule has 0 heterocycles. The highest BCUT2D eigenvalue weighted by molar-refractivity contribution is 5.71. The fourth-order valence-corrected chi connectivity index (χ4v) is 9.00. The van der Waals surface area contributed by atoms with Crippen LogP contribution in [0.4, 0.5) is 0 Å². The lowest BCUT2D eigenvalue weighted by molar-refractivity contribution is -0.167. The monoisotopic (exact) mass is 919 g/mol. The summed E-state index contributed by atoms with van der Waals surface area (Å²) in [6, 6.07) is 0. The van der Waals surface area contributed by atoms with Crippen LogP contribution in [0.1, 0.15) is 324 Å². The van der Waals surface area contributed by atoms with Crippen molar-refractivity contribution in [3.8, 4) is 0 Å². The van der Waals surface area contributed by atoms with Crippen LogP contribution in [0.15, 0.2) is 0 Å². The van der Waals surface area contributed by atoms with Crippen LogP contribution in [0, 0.1) is 17.8 Å². The molecule has 0 aromatic carbocycles. The zero-order chi connectivity index (χ0) is 47.7. The molecule has 0 rings (SSSR count). The van der Waals surface area contributed by atoms with Gasteiger partial charge in [-0.05, 0) is 37.0 Å². The van der Waals surface area contributed by atoms with Crippen LogP contribution in [0.5, 0.6) is 0 Å². The molecule has 0 aliphatic heterocycles. The summed E-state index contributed by atoms with van der Waals surface area (Å²) >= 11 is 0. The van der Waals surface area contributed by atoms with Gasteiger partial charge in [-0.2, -0.15) is 0 Å². The summed E-state index contributed by atoms with van der Waals surface area (Å²) < 4.78 is 16.9. The van der Waals surface area contributed by atoms with Gasteiger partial charge in [0.2, 0.25) is 0 Å². The van der Waals surface area contributed by atoms with Crippen LogP contribution in [-0.2, 0) is 28.6 Å². The standard InChI is InChI=1S/C59H114O6/c1-53(2)45-39-33-27-21-17-13-11-9-7-8-10-12-14-20-24-32-38-44-50-59(62)65-56(52-64-58(61)49-43-37-31-26-25-29-35-41-47-55(5)6)51-63-57(60)48-42-36-30-23-19-16-15-18-22-28-34-40-46-54(3)4/h53-56H,7-52H2,1-6H3/t56-/m1/s1. The average molecular weight is 920 g/mol. The second-order valence-corrected chi connectivity index (χ2v) is 21.7. The highest BCUT2D eigenvalue weighted by Crippen LogP contribution is 2.18. The first kappa shape index (κ1) is 63.4. The highest BCUT2D eigenvalue weighted by atomic mass is 16.6.